The molecule has 1 saturated carbocycles. The van der Waals surface area contributed by atoms with E-state index in [4.69, 9.17) is 0 Å². The van der Waals surface area contributed by atoms with Crippen LogP contribution in [0.5, 0.6) is 5.75 Å². The van der Waals surface area contributed by atoms with Crippen molar-refractivity contribution in [1.29, 1.82) is 0 Å². The molecule has 0 aromatic heterocycles. The first kappa shape index (κ1) is 16.4. The molecule has 0 unspecified atom stereocenters. The molecule has 1 aliphatic carbocycles. The number of nitrogens with zero attached hydrogens (tertiary/aromatic N) is 1. The molecule has 0 bridgehead atoms. The maximum atomic E-state index is 10.8. The topological polar surface area (TPSA) is 23.5 Å². The van der Waals surface area contributed by atoms with E-state index < -0.39 is 0 Å². The summed E-state index contributed by atoms with van der Waals surface area (Å²) in [5.74, 6) is 1.10. The molecule has 0 heterocycles. The maximum Gasteiger partial charge on any atom is 0.122 e. The highest BCUT2D eigenvalue weighted by Crippen LogP contribution is 2.42. The van der Waals surface area contributed by atoms with E-state index in [1.165, 1.54) is 43.2 Å². The number of benzene rings is 1. The van der Waals surface area contributed by atoms with Gasteiger partial charge in [-0.3, -0.25) is 0 Å². The van der Waals surface area contributed by atoms with Crippen molar-refractivity contribution >= 4 is 0 Å². The fraction of sp³-hybridized carbons (Fsp3) is 0.684. The predicted molar refractivity (Wildman–Crippen MR) is 90.0 cm³/mol. The summed E-state index contributed by atoms with van der Waals surface area (Å²) in [6, 6.07) is 4.45. The van der Waals surface area contributed by atoms with Crippen LogP contribution in [0.4, 0.5) is 0 Å². The van der Waals surface area contributed by atoms with Crippen molar-refractivity contribution in [1.82, 2.24) is 4.90 Å². The van der Waals surface area contributed by atoms with Gasteiger partial charge in [0.05, 0.1) is 0 Å². The summed E-state index contributed by atoms with van der Waals surface area (Å²) in [6.07, 6.45) is 6.39. The van der Waals surface area contributed by atoms with Crippen LogP contribution in [0.1, 0.15) is 75.5 Å². The van der Waals surface area contributed by atoms with Crippen molar-refractivity contribution in [3.8, 4) is 5.75 Å². The predicted octanol–water partition coefficient (Wildman–Crippen LogP) is 4.80. The minimum absolute atomic E-state index is 0.0180. The van der Waals surface area contributed by atoms with Crippen molar-refractivity contribution in [2.45, 2.75) is 70.8 Å². The lowest BCUT2D eigenvalue weighted by molar-refractivity contribution is 0.390. The van der Waals surface area contributed by atoms with Gasteiger partial charge in [-0.05, 0) is 55.0 Å². The standard InChI is InChI=1S/C19H31NO/c1-19(2,3)17-12-14(13-20(4)5)11-16(18(17)21)15-9-7-6-8-10-15/h11-12,15,21H,6-10,13H2,1-5H3. The minimum Gasteiger partial charge on any atom is -0.507 e. The molecule has 0 radical (unpaired) electrons. The number of aromatic hydroxyl groups is 1. The Hall–Kier alpha value is -1.02. The Morgan fingerprint density at radius 2 is 1.71 bits per heavy atom. The number of phenolic OH excluding ortho intramolecular Hbond substituents is 1. The van der Waals surface area contributed by atoms with Crippen LogP contribution < -0.4 is 0 Å². The lowest BCUT2D eigenvalue weighted by Gasteiger charge is -2.28. The Morgan fingerprint density at radius 1 is 1.10 bits per heavy atom. The largest absolute Gasteiger partial charge is 0.507 e. The van der Waals surface area contributed by atoms with Crippen molar-refractivity contribution in [3.63, 3.8) is 0 Å². The molecule has 0 aliphatic heterocycles. The van der Waals surface area contributed by atoms with Gasteiger partial charge < -0.3 is 10.0 Å². The zero-order valence-electron chi connectivity index (χ0n) is 14.4. The van der Waals surface area contributed by atoms with Gasteiger partial charge in [-0.1, -0.05) is 52.2 Å². The Morgan fingerprint density at radius 3 is 2.24 bits per heavy atom. The molecule has 2 heteroatoms. The summed E-state index contributed by atoms with van der Waals surface area (Å²) < 4.78 is 0. The van der Waals surface area contributed by atoms with E-state index in [0.29, 0.717) is 11.7 Å². The van der Waals surface area contributed by atoms with Gasteiger partial charge in [-0.2, -0.15) is 0 Å². The Balaban J connectivity index is 2.46. The van der Waals surface area contributed by atoms with E-state index in [1.807, 2.05) is 0 Å². The van der Waals surface area contributed by atoms with Gasteiger partial charge in [0, 0.05) is 6.54 Å². The van der Waals surface area contributed by atoms with Crippen LogP contribution in [0.25, 0.3) is 0 Å². The summed E-state index contributed by atoms with van der Waals surface area (Å²) in [5.41, 5.74) is 3.60. The second-order valence-corrected chi connectivity index (χ2v) is 7.90. The molecular weight excluding hydrogens is 258 g/mol. The van der Waals surface area contributed by atoms with Crippen molar-refractivity contribution in [2.75, 3.05) is 14.1 Å². The van der Waals surface area contributed by atoms with Crippen molar-refractivity contribution < 1.29 is 5.11 Å². The SMILES string of the molecule is CN(C)Cc1cc(C2CCCCC2)c(O)c(C(C)(C)C)c1. The Bertz CT molecular complexity index is 479. The Kier molecular flexibility index (Phi) is 4.98. The molecule has 1 fully saturated rings. The van der Waals surface area contributed by atoms with Crippen LogP contribution in [0.15, 0.2) is 12.1 Å². The first-order chi connectivity index (χ1) is 9.79. The number of phenols is 1. The fourth-order valence-corrected chi connectivity index (χ4v) is 3.47. The summed E-state index contributed by atoms with van der Waals surface area (Å²) >= 11 is 0. The molecule has 118 valence electrons. The highest BCUT2D eigenvalue weighted by Gasteiger charge is 2.25. The van der Waals surface area contributed by atoms with Crippen LogP contribution in [-0.2, 0) is 12.0 Å². The Labute approximate surface area is 130 Å². The lowest BCUT2D eigenvalue weighted by Crippen LogP contribution is -2.17. The normalized spacial score (nSPS) is 17.4. The van der Waals surface area contributed by atoms with Crippen LogP contribution >= 0.6 is 0 Å². The van der Waals surface area contributed by atoms with Gasteiger partial charge in [0.2, 0.25) is 0 Å². The highest BCUT2D eigenvalue weighted by atomic mass is 16.3. The van der Waals surface area contributed by atoms with Crippen molar-refractivity contribution in [2.24, 2.45) is 0 Å². The highest BCUT2D eigenvalue weighted by molar-refractivity contribution is 5.48. The van der Waals surface area contributed by atoms with E-state index in [1.54, 1.807) is 0 Å². The molecular formula is C19H31NO. The van der Waals surface area contributed by atoms with Gasteiger partial charge in [-0.25, -0.2) is 0 Å². The van der Waals surface area contributed by atoms with Gasteiger partial charge in [0.1, 0.15) is 5.75 Å². The van der Waals surface area contributed by atoms with E-state index in [2.05, 4.69) is 51.9 Å². The molecule has 0 spiro atoms. The van der Waals surface area contributed by atoms with E-state index in [9.17, 15) is 5.11 Å². The molecule has 2 nitrogen and oxygen atoms in total. The van der Waals surface area contributed by atoms with Crippen LogP contribution in [0.2, 0.25) is 0 Å². The minimum atomic E-state index is -0.0180. The summed E-state index contributed by atoms with van der Waals surface area (Å²) in [5, 5.41) is 10.8. The average Bonchev–Trinajstić information content (AvgIpc) is 2.39. The number of hydrogen-bond donors (Lipinski definition) is 1. The molecule has 2 rings (SSSR count). The lowest BCUT2D eigenvalue weighted by atomic mass is 9.78. The van der Waals surface area contributed by atoms with Gasteiger partial charge in [0.15, 0.2) is 0 Å². The summed E-state index contributed by atoms with van der Waals surface area (Å²) in [6.45, 7) is 7.49. The third-order valence-electron chi connectivity index (χ3n) is 4.55. The molecule has 1 aromatic rings. The van der Waals surface area contributed by atoms with E-state index >= 15 is 0 Å². The average molecular weight is 289 g/mol. The first-order valence-electron chi connectivity index (χ1n) is 8.30. The number of rotatable bonds is 3. The quantitative estimate of drug-likeness (QED) is 0.864. The zero-order valence-corrected chi connectivity index (χ0v) is 14.4. The summed E-state index contributed by atoms with van der Waals surface area (Å²) in [4.78, 5) is 2.20. The van der Waals surface area contributed by atoms with E-state index in [0.717, 1.165) is 12.1 Å². The molecule has 0 saturated heterocycles. The molecule has 21 heavy (non-hydrogen) atoms. The van der Waals surface area contributed by atoms with Gasteiger partial charge in [-0.15, -0.1) is 0 Å². The zero-order chi connectivity index (χ0) is 15.6. The molecule has 0 atom stereocenters. The molecule has 1 aliphatic rings. The smallest absolute Gasteiger partial charge is 0.122 e. The third kappa shape index (κ3) is 4.00. The van der Waals surface area contributed by atoms with Crippen LogP contribution in [-0.4, -0.2) is 24.1 Å². The summed E-state index contributed by atoms with van der Waals surface area (Å²) in [7, 11) is 4.20. The number of hydrogen-bond acceptors (Lipinski definition) is 2. The molecule has 0 amide bonds. The van der Waals surface area contributed by atoms with Crippen LogP contribution in [0, 0.1) is 0 Å². The van der Waals surface area contributed by atoms with Crippen LogP contribution in [0.3, 0.4) is 0 Å². The monoisotopic (exact) mass is 289 g/mol. The fourth-order valence-electron chi connectivity index (χ4n) is 3.47. The van der Waals surface area contributed by atoms with Gasteiger partial charge >= 0.3 is 0 Å². The maximum absolute atomic E-state index is 10.8. The van der Waals surface area contributed by atoms with E-state index in [-0.39, 0.29) is 5.41 Å². The first-order valence-corrected chi connectivity index (χ1v) is 8.30. The van der Waals surface area contributed by atoms with Crippen molar-refractivity contribution in [3.05, 3.63) is 28.8 Å². The second-order valence-electron chi connectivity index (χ2n) is 7.90. The molecule has 1 N–H and O–H groups in total. The third-order valence-corrected chi connectivity index (χ3v) is 4.55. The van der Waals surface area contributed by atoms with Gasteiger partial charge in [0.25, 0.3) is 0 Å². The molecule has 1 aromatic carbocycles. The second kappa shape index (κ2) is 6.39.